The number of aliphatic hydroxyl groups is 3. The molecule has 510 valence electrons. The van der Waals surface area contributed by atoms with E-state index in [-0.39, 0.29) is 46.8 Å². The summed E-state index contributed by atoms with van der Waals surface area (Å²) in [5, 5.41) is 41.4. The Morgan fingerprint density at radius 2 is 1.49 bits per heavy atom. The Labute approximate surface area is 548 Å². The summed E-state index contributed by atoms with van der Waals surface area (Å²) in [6.07, 6.45) is 2.08. The fourth-order valence-electron chi connectivity index (χ4n) is 19.0. The zero-order valence-corrected chi connectivity index (χ0v) is 56.8. The summed E-state index contributed by atoms with van der Waals surface area (Å²) >= 11 is 0. The van der Waals surface area contributed by atoms with Crippen LogP contribution in [0, 0.1) is 63.1 Å². The number of ether oxygens (including phenoxy) is 8. The third-order valence-corrected chi connectivity index (χ3v) is 23.8. The number of fused-ring (bicyclic) bond motifs is 10. The minimum absolute atomic E-state index is 0.0231. The van der Waals surface area contributed by atoms with Gasteiger partial charge in [0.1, 0.15) is 61.0 Å². The van der Waals surface area contributed by atoms with Crippen molar-refractivity contribution in [1.29, 1.82) is 0 Å². The lowest BCUT2D eigenvalue weighted by molar-refractivity contribution is -0.346. The minimum Gasteiger partial charge on any atom is -0.460 e. The molecule has 1 aliphatic heterocycles. The number of nitrogens with one attached hydrogen (secondary N) is 1. The van der Waals surface area contributed by atoms with Gasteiger partial charge >= 0.3 is 35.9 Å². The molecule has 19 heteroatoms. The van der Waals surface area contributed by atoms with Gasteiger partial charge in [0.2, 0.25) is 6.10 Å². The lowest BCUT2D eigenvalue weighted by atomic mass is 9.44. The molecule has 2 bridgehead atoms. The number of amides is 1. The van der Waals surface area contributed by atoms with E-state index in [9.17, 15) is 39.3 Å². The first-order chi connectivity index (χ1) is 43.7. The van der Waals surface area contributed by atoms with Gasteiger partial charge in [-0.05, 0) is 155 Å². The number of carbonyl (C=O) groups is 7. The molecule has 1 saturated heterocycles. The van der Waals surface area contributed by atoms with Crippen LogP contribution in [-0.4, -0.2) is 136 Å². The standard InChI is InChI=1S/C74H101NO18/c1-41(2)21-20-22-42(3)50-29-30-51-49-28-27-47-35-48(31-33-70(47,11)52(49)32-34-71(50,51)12)88-56(78)38-86-39-57(79)90-61(59(45-23-16-14-17-24-45)75-67(84)93-68(6,7)8)66(83)89-53-37-74(85)64(91-65(82)46-25-18-15-19-26-46)62-72(13,63(81)60(80)58(43(53)4)69(74,9)10)54(77)36-55-73(62,40-87-55)92-44(5)76/h14-19,23-27,41-42,48-55,59-62,64,77,80,85H,20-22,28-40H2,1-13H3,(H,75,84)/t42-,48+,49+,50-,51+,52+,53+,54+,55-,59+,60-,61-,62?,64+,70+,71-,72-,73+,74-/m1/s1. The maximum absolute atomic E-state index is 15.4. The molecule has 10 rings (SSSR count). The Kier molecular flexibility index (Phi) is 19.9. The first kappa shape index (κ1) is 69.8. The Bertz CT molecular complexity index is 3210. The van der Waals surface area contributed by atoms with Gasteiger partial charge in [0.25, 0.3) is 0 Å². The number of aliphatic hydroxyl groups excluding tert-OH is 2. The molecule has 5 saturated carbocycles. The van der Waals surface area contributed by atoms with Crippen molar-refractivity contribution in [3.8, 4) is 0 Å². The number of rotatable bonds is 19. The molecule has 0 radical (unpaired) electrons. The Hall–Kier alpha value is -5.99. The number of carbonyl (C=O) groups excluding carboxylic acids is 7. The zero-order chi connectivity index (χ0) is 67.5. The third-order valence-electron chi connectivity index (χ3n) is 23.8. The SMILES string of the molecule is CC(=O)O[C@@]12CO[C@@H]1C[C@H](O)[C@@]1(C)C(=O)[C@H](O)C3=C(C)[C@@H](OC(=O)[C@H](OC(=O)COCC(=O)O[C@H]4CC[C@@]5(C)C(=CC[C@H]6[C@@H]7CC[C@H]([C@H](C)CCCC(C)C)[C@@]7(C)CC[C@@H]65)C4)[C@@H](NC(=O)OC(C)(C)C)c4ccccc4)C[C@@](O)([C@@H](OC(=O)c4ccccc4)C12)C3(C)C. The zero-order valence-electron chi connectivity index (χ0n) is 56.8. The van der Waals surface area contributed by atoms with E-state index in [0.29, 0.717) is 36.0 Å². The molecule has 19 nitrogen and oxygen atoms in total. The van der Waals surface area contributed by atoms with Crippen LogP contribution in [0.25, 0.3) is 0 Å². The van der Waals surface area contributed by atoms with Crippen molar-refractivity contribution in [3.63, 3.8) is 0 Å². The van der Waals surface area contributed by atoms with E-state index < -0.39 is 138 Å². The summed E-state index contributed by atoms with van der Waals surface area (Å²) in [4.78, 5) is 100. The van der Waals surface area contributed by atoms with Gasteiger partial charge in [0.05, 0.1) is 29.6 Å². The van der Waals surface area contributed by atoms with Crippen molar-refractivity contribution < 1.29 is 86.8 Å². The van der Waals surface area contributed by atoms with Gasteiger partial charge in [-0.3, -0.25) is 9.59 Å². The topological polar surface area (TPSA) is 266 Å². The van der Waals surface area contributed by atoms with Crippen LogP contribution in [-0.2, 0) is 61.9 Å². The lowest BCUT2D eigenvalue weighted by Gasteiger charge is -2.67. The molecule has 1 amide bonds. The van der Waals surface area contributed by atoms with Crippen LogP contribution >= 0.6 is 0 Å². The Morgan fingerprint density at radius 1 is 0.817 bits per heavy atom. The number of Topliss-reactive ketones (excluding diaryl/α,β-unsaturated/α-hetero) is 1. The number of esters is 5. The van der Waals surface area contributed by atoms with E-state index in [1.165, 1.54) is 90.3 Å². The second-order valence-corrected chi connectivity index (χ2v) is 31.2. The minimum atomic E-state index is -2.48. The Balaban J connectivity index is 0.887. The molecule has 8 aliphatic rings. The molecular formula is C74H101NO18. The summed E-state index contributed by atoms with van der Waals surface area (Å²) in [7, 11) is 0. The molecule has 93 heavy (non-hydrogen) atoms. The number of hydrogen-bond donors (Lipinski definition) is 4. The van der Waals surface area contributed by atoms with Gasteiger partial charge in [-0.25, -0.2) is 24.0 Å². The quantitative estimate of drug-likeness (QED) is 0.0578. The first-order valence-electron chi connectivity index (χ1n) is 34.0. The van der Waals surface area contributed by atoms with Gasteiger partial charge in [0.15, 0.2) is 11.4 Å². The molecule has 19 atom stereocenters. The van der Waals surface area contributed by atoms with Crippen LogP contribution in [0.5, 0.6) is 0 Å². The van der Waals surface area contributed by atoms with E-state index >= 15 is 9.59 Å². The first-order valence-corrected chi connectivity index (χ1v) is 34.0. The summed E-state index contributed by atoms with van der Waals surface area (Å²) < 4.78 is 48.3. The Morgan fingerprint density at radius 3 is 2.14 bits per heavy atom. The second-order valence-electron chi connectivity index (χ2n) is 31.2. The van der Waals surface area contributed by atoms with Crippen molar-refractivity contribution >= 4 is 41.7 Å². The summed E-state index contributed by atoms with van der Waals surface area (Å²) in [5.41, 5.74) is -7.17. The lowest BCUT2D eigenvalue weighted by Crippen LogP contribution is -2.81. The van der Waals surface area contributed by atoms with Gasteiger partial charge in [-0.15, -0.1) is 0 Å². The van der Waals surface area contributed by atoms with Crippen molar-refractivity contribution in [2.45, 2.75) is 239 Å². The van der Waals surface area contributed by atoms with E-state index in [4.69, 9.17) is 37.9 Å². The second kappa shape index (κ2) is 26.5. The van der Waals surface area contributed by atoms with Gasteiger partial charge in [-0.2, -0.15) is 0 Å². The van der Waals surface area contributed by atoms with Crippen LogP contribution in [0.15, 0.2) is 83.5 Å². The fourth-order valence-corrected chi connectivity index (χ4v) is 19.0. The molecule has 6 fully saturated rings. The van der Waals surface area contributed by atoms with Crippen LogP contribution < -0.4 is 5.32 Å². The van der Waals surface area contributed by atoms with Crippen molar-refractivity contribution in [2.75, 3.05) is 19.8 Å². The number of alkyl carbamates (subject to hydrolysis) is 1. The molecule has 0 spiro atoms. The highest BCUT2D eigenvalue weighted by atomic mass is 16.6. The predicted octanol–water partition coefficient (Wildman–Crippen LogP) is 10.8. The van der Waals surface area contributed by atoms with E-state index in [1.54, 1.807) is 69.3 Å². The number of ketones is 1. The van der Waals surface area contributed by atoms with Gasteiger partial charge in [-0.1, -0.05) is 128 Å². The maximum Gasteiger partial charge on any atom is 0.408 e. The number of benzene rings is 2. The molecular weight excluding hydrogens is 1190 g/mol. The highest BCUT2D eigenvalue weighted by Crippen LogP contribution is 2.68. The summed E-state index contributed by atoms with van der Waals surface area (Å²) in [6, 6.07) is 14.4. The summed E-state index contributed by atoms with van der Waals surface area (Å²) in [6.45, 7) is 22.3. The number of allylic oxidation sites excluding steroid dienone is 1. The summed E-state index contributed by atoms with van der Waals surface area (Å²) in [5.74, 6) is -3.29. The van der Waals surface area contributed by atoms with E-state index in [1.807, 2.05) is 0 Å². The van der Waals surface area contributed by atoms with Crippen LogP contribution in [0.3, 0.4) is 0 Å². The largest absolute Gasteiger partial charge is 0.460 e. The van der Waals surface area contributed by atoms with Crippen molar-refractivity contribution in [3.05, 3.63) is 94.6 Å². The highest BCUT2D eigenvalue weighted by molar-refractivity contribution is 5.94. The van der Waals surface area contributed by atoms with Crippen molar-refractivity contribution in [1.82, 2.24) is 5.32 Å². The fraction of sp³-hybridized carbons (Fsp3) is 0.689. The third kappa shape index (κ3) is 13.0. The average Bonchev–Trinajstić information content (AvgIpc) is 1.05. The molecule has 1 heterocycles. The number of hydrogen-bond acceptors (Lipinski definition) is 18. The van der Waals surface area contributed by atoms with E-state index in [0.717, 1.165) is 37.5 Å². The van der Waals surface area contributed by atoms with E-state index in [2.05, 4.69) is 46.0 Å². The monoisotopic (exact) mass is 1290 g/mol. The molecule has 1 unspecified atom stereocenters. The van der Waals surface area contributed by atoms with Crippen molar-refractivity contribution in [2.24, 2.45) is 63.1 Å². The normalized spacial score (nSPS) is 35.9. The van der Waals surface area contributed by atoms with Gasteiger partial charge < -0.3 is 58.5 Å². The molecule has 0 aromatic heterocycles. The van der Waals surface area contributed by atoms with Crippen LogP contribution in [0.1, 0.15) is 195 Å². The molecule has 2 aromatic rings. The van der Waals surface area contributed by atoms with Crippen LogP contribution in [0.4, 0.5) is 4.79 Å². The molecule has 4 N–H and O–H groups in total. The molecule has 7 aliphatic carbocycles. The average molecular weight is 1290 g/mol. The van der Waals surface area contributed by atoms with Crippen LogP contribution in [0.2, 0.25) is 0 Å². The maximum atomic E-state index is 15.4. The smallest absolute Gasteiger partial charge is 0.408 e. The highest BCUT2D eigenvalue weighted by Gasteiger charge is 2.78. The predicted molar refractivity (Wildman–Crippen MR) is 341 cm³/mol. The van der Waals surface area contributed by atoms with Gasteiger partial charge in [0, 0.05) is 31.6 Å². The molecule has 2 aromatic carbocycles.